The lowest BCUT2D eigenvalue weighted by Gasteiger charge is -2.37. The van der Waals surface area contributed by atoms with Gasteiger partial charge in [-0.25, -0.2) is 4.79 Å². The Hall–Kier alpha value is -1.31. The van der Waals surface area contributed by atoms with E-state index in [2.05, 4.69) is 6.92 Å². The average molecular weight is 328 g/mol. The number of benzene rings is 1. The van der Waals surface area contributed by atoms with Crippen molar-refractivity contribution in [1.29, 1.82) is 0 Å². The van der Waals surface area contributed by atoms with Crippen LogP contribution in [0.1, 0.15) is 80.6 Å². The molecule has 2 saturated carbocycles. The lowest BCUT2D eigenvalue weighted by Crippen LogP contribution is -2.29. The van der Waals surface area contributed by atoms with E-state index in [0.29, 0.717) is 5.56 Å². The first-order chi connectivity index (χ1) is 11.7. The highest BCUT2D eigenvalue weighted by Gasteiger charge is 2.31. The van der Waals surface area contributed by atoms with Gasteiger partial charge in [-0.3, -0.25) is 0 Å². The molecule has 2 nitrogen and oxygen atoms in total. The van der Waals surface area contributed by atoms with Crippen molar-refractivity contribution in [2.24, 2.45) is 17.8 Å². The van der Waals surface area contributed by atoms with Crippen molar-refractivity contribution in [3.63, 3.8) is 0 Å². The summed E-state index contributed by atoms with van der Waals surface area (Å²) in [6, 6.07) is 7.71. The summed E-state index contributed by atoms with van der Waals surface area (Å²) in [7, 11) is 0. The number of carbonyl (C=O) groups is 1. The Morgan fingerprint density at radius 2 is 1.62 bits per heavy atom. The molecule has 0 saturated heterocycles. The van der Waals surface area contributed by atoms with Gasteiger partial charge in [-0.05, 0) is 75.3 Å². The second-order valence-corrected chi connectivity index (χ2v) is 8.00. The molecule has 0 aliphatic heterocycles. The molecule has 3 rings (SSSR count). The number of hydrogen-bond donors (Lipinski definition) is 0. The van der Waals surface area contributed by atoms with Crippen LogP contribution in [0.5, 0.6) is 0 Å². The summed E-state index contributed by atoms with van der Waals surface area (Å²) in [5.74, 6) is 2.64. The quantitative estimate of drug-likeness (QED) is 0.641. The molecule has 0 bridgehead atoms. The van der Waals surface area contributed by atoms with Crippen molar-refractivity contribution in [2.75, 3.05) is 0 Å². The average Bonchev–Trinajstić information content (AvgIpc) is 2.62. The summed E-state index contributed by atoms with van der Waals surface area (Å²) < 4.78 is 5.76. The third-order valence-electron chi connectivity index (χ3n) is 6.38. The lowest BCUT2D eigenvalue weighted by atomic mass is 9.70. The van der Waals surface area contributed by atoms with Crippen molar-refractivity contribution in [1.82, 2.24) is 0 Å². The van der Waals surface area contributed by atoms with Crippen LogP contribution in [0.25, 0.3) is 0 Å². The predicted octanol–water partition coefficient (Wildman–Crippen LogP) is 5.93. The molecule has 0 amide bonds. The standard InChI is InChI=1S/C22H32O2/c1-3-17-7-9-18(10-8-17)19-11-13-21(14-12-19)24-22(23)20-6-4-5-16(2)15-20/h4-6,15,17-19,21H,3,7-14H2,1-2H3. The van der Waals surface area contributed by atoms with Gasteiger partial charge in [0.15, 0.2) is 0 Å². The van der Waals surface area contributed by atoms with Crippen LogP contribution in [0.3, 0.4) is 0 Å². The fourth-order valence-corrected chi connectivity index (χ4v) is 4.74. The fourth-order valence-electron chi connectivity index (χ4n) is 4.74. The van der Waals surface area contributed by atoms with E-state index in [1.54, 1.807) is 0 Å². The maximum Gasteiger partial charge on any atom is 0.338 e. The SMILES string of the molecule is CCC1CCC(C2CCC(OC(=O)c3cccc(C)c3)CC2)CC1. The van der Waals surface area contributed by atoms with Gasteiger partial charge < -0.3 is 4.74 Å². The number of carbonyl (C=O) groups excluding carboxylic acids is 1. The summed E-state index contributed by atoms with van der Waals surface area (Å²) in [6.45, 7) is 4.34. The van der Waals surface area contributed by atoms with Gasteiger partial charge in [0.05, 0.1) is 5.56 Å². The molecule has 2 aliphatic carbocycles. The van der Waals surface area contributed by atoms with Crippen LogP contribution >= 0.6 is 0 Å². The van der Waals surface area contributed by atoms with Gasteiger partial charge in [0.25, 0.3) is 0 Å². The van der Waals surface area contributed by atoms with E-state index in [1.807, 2.05) is 31.2 Å². The third kappa shape index (κ3) is 4.40. The van der Waals surface area contributed by atoms with E-state index in [0.717, 1.165) is 36.2 Å². The molecule has 0 N–H and O–H groups in total. The topological polar surface area (TPSA) is 26.3 Å². The van der Waals surface area contributed by atoms with Gasteiger partial charge >= 0.3 is 5.97 Å². The summed E-state index contributed by atoms with van der Waals surface area (Å²) in [4.78, 5) is 12.3. The maximum atomic E-state index is 12.3. The minimum atomic E-state index is -0.148. The first-order valence-electron chi connectivity index (χ1n) is 9.93. The van der Waals surface area contributed by atoms with Crippen molar-refractivity contribution in [3.8, 4) is 0 Å². The van der Waals surface area contributed by atoms with Gasteiger partial charge in [-0.15, -0.1) is 0 Å². The molecular weight excluding hydrogens is 296 g/mol. The molecule has 2 fully saturated rings. The molecule has 0 heterocycles. The molecule has 0 spiro atoms. The van der Waals surface area contributed by atoms with Crippen molar-refractivity contribution < 1.29 is 9.53 Å². The fraction of sp³-hybridized carbons (Fsp3) is 0.682. The van der Waals surface area contributed by atoms with Crippen molar-refractivity contribution in [2.45, 2.75) is 77.7 Å². The minimum absolute atomic E-state index is 0.126. The van der Waals surface area contributed by atoms with E-state index >= 15 is 0 Å². The molecule has 0 unspecified atom stereocenters. The monoisotopic (exact) mass is 328 g/mol. The Morgan fingerprint density at radius 1 is 1.00 bits per heavy atom. The van der Waals surface area contributed by atoms with Gasteiger partial charge in [-0.1, -0.05) is 43.9 Å². The zero-order chi connectivity index (χ0) is 16.9. The van der Waals surface area contributed by atoms with Crippen LogP contribution in [0, 0.1) is 24.7 Å². The highest BCUT2D eigenvalue weighted by atomic mass is 16.5. The van der Waals surface area contributed by atoms with Crippen LogP contribution in [0.15, 0.2) is 24.3 Å². The maximum absolute atomic E-state index is 12.3. The predicted molar refractivity (Wildman–Crippen MR) is 98.1 cm³/mol. The molecular formula is C22H32O2. The van der Waals surface area contributed by atoms with E-state index in [-0.39, 0.29) is 12.1 Å². The number of hydrogen-bond acceptors (Lipinski definition) is 2. The van der Waals surface area contributed by atoms with Crippen molar-refractivity contribution in [3.05, 3.63) is 35.4 Å². The van der Waals surface area contributed by atoms with E-state index in [9.17, 15) is 4.79 Å². The second kappa shape index (κ2) is 8.18. The summed E-state index contributed by atoms with van der Waals surface area (Å²) in [6.07, 6.45) is 11.8. The van der Waals surface area contributed by atoms with E-state index in [1.165, 1.54) is 44.9 Å². The number of esters is 1. The van der Waals surface area contributed by atoms with Gasteiger partial charge in [0, 0.05) is 0 Å². The Labute approximate surface area is 147 Å². The second-order valence-electron chi connectivity index (χ2n) is 8.00. The van der Waals surface area contributed by atoms with Crippen LogP contribution in [-0.4, -0.2) is 12.1 Å². The highest BCUT2D eigenvalue weighted by Crippen LogP contribution is 2.41. The van der Waals surface area contributed by atoms with E-state index < -0.39 is 0 Å². The Balaban J connectivity index is 1.44. The Kier molecular flexibility index (Phi) is 5.97. The van der Waals surface area contributed by atoms with Gasteiger partial charge in [0.2, 0.25) is 0 Å². The molecule has 0 aromatic heterocycles. The molecule has 0 radical (unpaired) electrons. The number of ether oxygens (including phenoxy) is 1. The molecule has 2 aliphatic rings. The number of aryl methyl sites for hydroxylation is 1. The molecule has 1 aromatic carbocycles. The van der Waals surface area contributed by atoms with Crippen LogP contribution in [0.2, 0.25) is 0 Å². The molecule has 2 heteroatoms. The molecule has 1 aromatic rings. The minimum Gasteiger partial charge on any atom is -0.459 e. The first kappa shape index (κ1) is 17.5. The molecule has 0 atom stereocenters. The van der Waals surface area contributed by atoms with Crippen LogP contribution in [-0.2, 0) is 4.74 Å². The highest BCUT2D eigenvalue weighted by molar-refractivity contribution is 5.89. The van der Waals surface area contributed by atoms with Gasteiger partial charge in [-0.2, -0.15) is 0 Å². The first-order valence-corrected chi connectivity index (χ1v) is 9.93. The molecule has 132 valence electrons. The Bertz CT molecular complexity index is 535. The Morgan fingerprint density at radius 3 is 2.21 bits per heavy atom. The zero-order valence-corrected chi connectivity index (χ0v) is 15.3. The van der Waals surface area contributed by atoms with Crippen LogP contribution in [0.4, 0.5) is 0 Å². The summed E-state index contributed by atoms with van der Waals surface area (Å²) in [5, 5.41) is 0. The normalized spacial score (nSPS) is 30.8. The van der Waals surface area contributed by atoms with E-state index in [4.69, 9.17) is 4.74 Å². The number of rotatable bonds is 4. The summed E-state index contributed by atoms with van der Waals surface area (Å²) in [5.41, 5.74) is 1.80. The van der Waals surface area contributed by atoms with Gasteiger partial charge in [0.1, 0.15) is 6.10 Å². The summed E-state index contributed by atoms with van der Waals surface area (Å²) >= 11 is 0. The smallest absolute Gasteiger partial charge is 0.338 e. The zero-order valence-electron chi connectivity index (χ0n) is 15.3. The van der Waals surface area contributed by atoms with Crippen LogP contribution < -0.4 is 0 Å². The largest absolute Gasteiger partial charge is 0.459 e. The molecule has 24 heavy (non-hydrogen) atoms. The third-order valence-corrected chi connectivity index (χ3v) is 6.38. The lowest BCUT2D eigenvalue weighted by molar-refractivity contribution is 0.0110. The van der Waals surface area contributed by atoms with Crippen molar-refractivity contribution >= 4 is 5.97 Å².